The van der Waals surface area contributed by atoms with E-state index in [1.165, 1.54) is 11.3 Å². The zero-order valence-electron chi connectivity index (χ0n) is 19.7. The summed E-state index contributed by atoms with van der Waals surface area (Å²) in [6.07, 6.45) is 3.63. The maximum Gasteiger partial charge on any atom is 0.324 e. The van der Waals surface area contributed by atoms with E-state index in [0.29, 0.717) is 18.6 Å². The third kappa shape index (κ3) is 6.61. The van der Waals surface area contributed by atoms with Gasteiger partial charge in [0.1, 0.15) is 0 Å². The second-order valence-electron chi connectivity index (χ2n) is 7.06. The van der Waals surface area contributed by atoms with Crippen LogP contribution in [0.2, 0.25) is 0 Å². The van der Waals surface area contributed by atoms with Gasteiger partial charge in [-0.1, -0.05) is 0 Å². The summed E-state index contributed by atoms with van der Waals surface area (Å²) in [5.41, 5.74) is 3.28. The number of rotatable bonds is 8. The molecule has 0 saturated carbocycles. The molecule has 0 aromatic carbocycles. The first-order valence-electron chi connectivity index (χ1n) is 11.1. The third-order valence-electron chi connectivity index (χ3n) is 4.80. The normalized spacial score (nSPS) is 10.6. The van der Waals surface area contributed by atoms with Crippen molar-refractivity contribution in [2.45, 2.75) is 33.1 Å². The Labute approximate surface area is 210 Å². The second kappa shape index (κ2) is 12.9. The van der Waals surface area contributed by atoms with E-state index >= 15 is 0 Å². The minimum absolute atomic E-state index is 0.182. The first-order chi connectivity index (χ1) is 17.0. The molecular formula is C25H26N2O6S2. The molecule has 4 heterocycles. The molecule has 10 heteroatoms. The quantitative estimate of drug-likeness (QED) is 0.186. The molecule has 0 aliphatic heterocycles. The summed E-state index contributed by atoms with van der Waals surface area (Å²) in [6, 6.07) is 7.33. The lowest BCUT2D eigenvalue weighted by atomic mass is 10.00. The fourth-order valence-electron chi connectivity index (χ4n) is 3.36. The van der Waals surface area contributed by atoms with Crippen LogP contribution in [0.25, 0.3) is 20.4 Å². The van der Waals surface area contributed by atoms with Crippen molar-refractivity contribution in [3.63, 3.8) is 0 Å². The van der Waals surface area contributed by atoms with Crippen molar-refractivity contribution in [3.8, 4) is 0 Å². The Kier molecular flexibility index (Phi) is 9.68. The zero-order chi connectivity index (χ0) is 25.2. The van der Waals surface area contributed by atoms with Gasteiger partial charge in [-0.25, -0.2) is 0 Å². The third-order valence-corrected chi connectivity index (χ3v) is 6.73. The van der Waals surface area contributed by atoms with Crippen LogP contribution in [-0.2, 0) is 35.0 Å². The number of ether oxygens (including phenoxy) is 3. The maximum atomic E-state index is 12.1. The standard InChI is InChI=1S/C14H15NO4S.C11H11NO2S/c1-3-18-13(16)11(14(17)19-4-2)9-5-7-15-10-6-8-20-12(9)10;1-2-14-10(13)7-8-3-5-12-9-4-6-15-11(8)9/h5-8,11H,3-4H2,1-2H3;3-6H,2,7H2,1H3. The number of thiophene rings is 2. The number of carbonyl (C=O) groups excluding carboxylic acids is 3. The van der Waals surface area contributed by atoms with Gasteiger partial charge in [0.25, 0.3) is 0 Å². The largest absolute Gasteiger partial charge is 0.466 e. The summed E-state index contributed by atoms with van der Waals surface area (Å²) in [6.45, 7) is 6.07. The van der Waals surface area contributed by atoms with E-state index in [1.807, 2.05) is 35.9 Å². The zero-order valence-corrected chi connectivity index (χ0v) is 21.3. The summed E-state index contributed by atoms with van der Waals surface area (Å²) in [5.74, 6) is -2.42. The van der Waals surface area contributed by atoms with E-state index < -0.39 is 17.9 Å². The fourth-order valence-corrected chi connectivity index (χ4v) is 5.12. The number of fused-ring (bicyclic) bond motifs is 2. The lowest BCUT2D eigenvalue weighted by molar-refractivity contribution is -0.157. The van der Waals surface area contributed by atoms with E-state index in [9.17, 15) is 14.4 Å². The van der Waals surface area contributed by atoms with E-state index in [1.54, 1.807) is 43.6 Å². The van der Waals surface area contributed by atoms with Crippen molar-refractivity contribution in [1.29, 1.82) is 0 Å². The van der Waals surface area contributed by atoms with Crippen LogP contribution in [0.4, 0.5) is 0 Å². The molecule has 4 rings (SSSR count). The van der Waals surface area contributed by atoms with E-state index in [-0.39, 0.29) is 19.2 Å². The number of hydrogen-bond acceptors (Lipinski definition) is 10. The van der Waals surface area contributed by atoms with Crippen LogP contribution in [-0.4, -0.2) is 47.7 Å². The summed E-state index contributed by atoms with van der Waals surface area (Å²) in [4.78, 5) is 43.9. The van der Waals surface area contributed by atoms with Gasteiger partial charge >= 0.3 is 17.9 Å². The highest BCUT2D eigenvalue weighted by atomic mass is 32.1. The summed E-state index contributed by atoms with van der Waals surface area (Å²) >= 11 is 3.04. The molecule has 8 nitrogen and oxygen atoms in total. The lowest BCUT2D eigenvalue weighted by Gasteiger charge is -2.15. The van der Waals surface area contributed by atoms with Gasteiger partial charge < -0.3 is 14.2 Å². The predicted molar refractivity (Wildman–Crippen MR) is 136 cm³/mol. The van der Waals surface area contributed by atoms with Gasteiger partial charge in [0.15, 0.2) is 5.92 Å². The Morgan fingerprint density at radius 1 is 0.771 bits per heavy atom. The SMILES string of the molecule is CCOC(=O)C(C(=O)OCC)c1ccnc2ccsc12.CCOC(=O)Cc1ccnc2ccsc12. The number of pyridine rings is 2. The molecule has 0 bridgehead atoms. The van der Waals surface area contributed by atoms with Gasteiger partial charge in [0.05, 0.1) is 46.7 Å². The van der Waals surface area contributed by atoms with Crippen molar-refractivity contribution in [3.05, 3.63) is 58.5 Å². The van der Waals surface area contributed by atoms with E-state index in [2.05, 4.69) is 9.97 Å². The summed E-state index contributed by atoms with van der Waals surface area (Å²) in [7, 11) is 0. The van der Waals surface area contributed by atoms with E-state index in [4.69, 9.17) is 14.2 Å². The highest BCUT2D eigenvalue weighted by Gasteiger charge is 2.33. The van der Waals surface area contributed by atoms with Crippen molar-refractivity contribution in [2.75, 3.05) is 19.8 Å². The number of nitrogens with zero attached hydrogens (tertiary/aromatic N) is 2. The monoisotopic (exact) mass is 514 g/mol. The molecular weight excluding hydrogens is 488 g/mol. The van der Waals surface area contributed by atoms with Gasteiger partial charge in [-0.15, -0.1) is 22.7 Å². The number of carbonyl (C=O) groups is 3. The summed E-state index contributed by atoms with van der Waals surface area (Å²) in [5, 5.41) is 3.85. The summed E-state index contributed by atoms with van der Waals surface area (Å²) < 4.78 is 16.8. The highest BCUT2D eigenvalue weighted by Crippen LogP contribution is 2.30. The molecule has 0 N–H and O–H groups in total. The minimum atomic E-state index is -1.06. The first kappa shape index (κ1) is 26.2. The Balaban J connectivity index is 0.000000203. The molecule has 0 radical (unpaired) electrons. The molecule has 0 unspecified atom stereocenters. The van der Waals surface area contributed by atoms with Crippen molar-refractivity contribution < 1.29 is 28.6 Å². The molecule has 35 heavy (non-hydrogen) atoms. The smallest absolute Gasteiger partial charge is 0.324 e. The maximum absolute atomic E-state index is 12.1. The van der Waals surface area contributed by atoms with Crippen molar-refractivity contribution in [1.82, 2.24) is 9.97 Å². The van der Waals surface area contributed by atoms with Crippen LogP contribution in [0, 0.1) is 0 Å². The average Bonchev–Trinajstić information content (AvgIpc) is 3.51. The number of hydrogen-bond donors (Lipinski definition) is 0. The van der Waals surface area contributed by atoms with Crippen LogP contribution >= 0.6 is 22.7 Å². The molecule has 0 fully saturated rings. The Morgan fingerprint density at radius 2 is 1.31 bits per heavy atom. The molecule has 0 aliphatic rings. The van der Waals surface area contributed by atoms with Crippen LogP contribution in [0.15, 0.2) is 47.4 Å². The Hall–Kier alpha value is -3.37. The average molecular weight is 515 g/mol. The number of esters is 3. The van der Waals surface area contributed by atoms with Gasteiger partial charge in [0.2, 0.25) is 0 Å². The van der Waals surface area contributed by atoms with Gasteiger partial charge in [-0.3, -0.25) is 24.4 Å². The van der Waals surface area contributed by atoms with Crippen LogP contribution in [0.1, 0.15) is 37.8 Å². The van der Waals surface area contributed by atoms with E-state index in [0.717, 1.165) is 26.0 Å². The van der Waals surface area contributed by atoms with Crippen LogP contribution < -0.4 is 0 Å². The minimum Gasteiger partial charge on any atom is -0.466 e. The molecule has 4 aromatic rings. The first-order valence-corrected chi connectivity index (χ1v) is 12.9. The van der Waals surface area contributed by atoms with Crippen molar-refractivity contribution >= 4 is 61.0 Å². The molecule has 0 atom stereocenters. The molecule has 4 aromatic heterocycles. The Morgan fingerprint density at radius 3 is 1.91 bits per heavy atom. The molecule has 184 valence electrons. The van der Waals surface area contributed by atoms with Crippen molar-refractivity contribution in [2.24, 2.45) is 0 Å². The van der Waals surface area contributed by atoms with Crippen LogP contribution in [0.5, 0.6) is 0 Å². The second-order valence-corrected chi connectivity index (χ2v) is 8.89. The lowest BCUT2D eigenvalue weighted by Crippen LogP contribution is -2.26. The fraction of sp³-hybridized carbons (Fsp3) is 0.320. The molecule has 0 spiro atoms. The number of aromatic nitrogens is 2. The Bertz CT molecular complexity index is 1280. The predicted octanol–water partition coefficient (Wildman–Crippen LogP) is 4.91. The molecule has 0 aliphatic carbocycles. The molecule has 0 amide bonds. The highest BCUT2D eigenvalue weighted by molar-refractivity contribution is 7.17. The van der Waals surface area contributed by atoms with Gasteiger partial charge in [-0.05, 0) is 66.9 Å². The topological polar surface area (TPSA) is 105 Å². The van der Waals surface area contributed by atoms with Gasteiger partial charge in [-0.2, -0.15) is 0 Å². The molecule has 0 saturated heterocycles. The van der Waals surface area contributed by atoms with Crippen LogP contribution in [0.3, 0.4) is 0 Å². The van der Waals surface area contributed by atoms with Gasteiger partial charge in [0, 0.05) is 12.4 Å².